The molecule has 17 heavy (non-hydrogen) atoms. The highest BCUT2D eigenvalue weighted by molar-refractivity contribution is 7.09. The molecular formula is C11H17N3O2S. The molecule has 1 aliphatic carbocycles. The number of nitrogens with one attached hydrogen (secondary N) is 1. The van der Waals surface area contributed by atoms with E-state index in [-0.39, 0.29) is 11.9 Å². The summed E-state index contributed by atoms with van der Waals surface area (Å²) in [6.45, 7) is 2.17. The topological polar surface area (TPSA) is 88.2 Å². The summed E-state index contributed by atoms with van der Waals surface area (Å²) in [6, 6.07) is -0.244. The molecule has 1 unspecified atom stereocenters. The lowest BCUT2D eigenvalue weighted by molar-refractivity contribution is -0.0578. The Bertz CT molecular complexity index is 415. The van der Waals surface area contributed by atoms with Gasteiger partial charge in [-0.2, -0.15) is 0 Å². The molecule has 0 bridgehead atoms. The average molecular weight is 255 g/mol. The predicted octanol–water partition coefficient (Wildman–Crippen LogP) is 0.635. The molecule has 1 heterocycles. The third-order valence-corrected chi connectivity index (χ3v) is 4.20. The minimum absolute atomic E-state index is 0.242. The Kier molecular flexibility index (Phi) is 3.46. The number of thiazole rings is 1. The average Bonchev–Trinajstić information content (AvgIpc) is 2.74. The number of aromatic nitrogens is 1. The SMILES string of the molecule is CC(NC(=O)c1csc(CN)n1)C1(O)CCC1. The van der Waals surface area contributed by atoms with Gasteiger partial charge in [-0.05, 0) is 26.2 Å². The van der Waals surface area contributed by atoms with Crippen molar-refractivity contribution in [3.63, 3.8) is 0 Å². The van der Waals surface area contributed by atoms with Gasteiger partial charge >= 0.3 is 0 Å². The number of nitrogens with two attached hydrogens (primary N) is 1. The van der Waals surface area contributed by atoms with E-state index in [0.29, 0.717) is 12.2 Å². The van der Waals surface area contributed by atoms with E-state index in [4.69, 9.17) is 5.73 Å². The summed E-state index contributed by atoms with van der Waals surface area (Å²) in [5.74, 6) is -0.242. The van der Waals surface area contributed by atoms with E-state index in [1.54, 1.807) is 5.38 Å². The number of carbonyl (C=O) groups excluding carboxylic acids is 1. The van der Waals surface area contributed by atoms with E-state index in [1.165, 1.54) is 11.3 Å². The summed E-state index contributed by atoms with van der Waals surface area (Å²) in [4.78, 5) is 16.0. The first-order valence-electron chi connectivity index (χ1n) is 5.73. The first kappa shape index (κ1) is 12.5. The Morgan fingerprint density at radius 1 is 1.76 bits per heavy atom. The zero-order valence-corrected chi connectivity index (χ0v) is 10.6. The fourth-order valence-corrected chi connectivity index (χ4v) is 2.54. The summed E-state index contributed by atoms with van der Waals surface area (Å²) in [5.41, 5.74) is 5.09. The summed E-state index contributed by atoms with van der Waals surface area (Å²) in [7, 11) is 0. The van der Waals surface area contributed by atoms with Gasteiger partial charge in [0.15, 0.2) is 0 Å². The van der Waals surface area contributed by atoms with Crippen molar-refractivity contribution in [2.75, 3.05) is 0 Å². The van der Waals surface area contributed by atoms with E-state index in [1.807, 2.05) is 6.92 Å². The van der Waals surface area contributed by atoms with E-state index in [0.717, 1.165) is 24.3 Å². The van der Waals surface area contributed by atoms with E-state index in [2.05, 4.69) is 10.3 Å². The molecule has 6 heteroatoms. The Balaban J connectivity index is 1.96. The highest BCUT2D eigenvalue weighted by Gasteiger charge is 2.40. The molecule has 5 nitrogen and oxygen atoms in total. The van der Waals surface area contributed by atoms with Gasteiger partial charge in [-0.15, -0.1) is 11.3 Å². The molecule has 0 aromatic carbocycles. The molecule has 0 saturated heterocycles. The van der Waals surface area contributed by atoms with Crippen LogP contribution in [0, 0.1) is 0 Å². The second kappa shape index (κ2) is 4.72. The maximum absolute atomic E-state index is 11.9. The first-order chi connectivity index (χ1) is 8.05. The van der Waals surface area contributed by atoms with Crippen molar-refractivity contribution in [3.05, 3.63) is 16.1 Å². The lowest BCUT2D eigenvalue weighted by Crippen LogP contribution is -2.55. The molecule has 0 radical (unpaired) electrons. The van der Waals surface area contributed by atoms with Crippen LogP contribution in [0.25, 0.3) is 0 Å². The third kappa shape index (κ3) is 2.48. The Morgan fingerprint density at radius 2 is 2.47 bits per heavy atom. The fraction of sp³-hybridized carbons (Fsp3) is 0.636. The molecule has 1 amide bonds. The van der Waals surface area contributed by atoms with Crippen molar-refractivity contribution in [2.24, 2.45) is 5.73 Å². The van der Waals surface area contributed by atoms with Gasteiger partial charge in [-0.25, -0.2) is 4.98 Å². The molecule has 1 saturated carbocycles. The molecule has 2 rings (SSSR count). The molecule has 1 atom stereocenters. The van der Waals surface area contributed by atoms with Crippen LogP contribution in [-0.4, -0.2) is 27.6 Å². The number of rotatable bonds is 4. The highest BCUT2D eigenvalue weighted by Crippen LogP contribution is 2.34. The van der Waals surface area contributed by atoms with E-state index in [9.17, 15) is 9.90 Å². The van der Waals surface area contributed by atoms with Gasteiger partial charge in [-0.3, -0.25) is 4.79 Å². The van der Waals surface area contributed by atoms with Crippen LogP contribution in [0.1, 0.15) is 41.7 Å². The smallest absolute Gasteiger partial charge is 0.271 e. The van der Waals surface area contributed by atoms with Crippen LogP contribution in [0.2, 0.25) is 0 Å². The molecule has 4 N–H and O–H groups in total. The van der Waals surface area contributed by atoms with Crippen molar-refractivity contribution >= 4 is 17.2 Å². The lowest BCUT2D eigenvalue weighted by atomic mass is 9.75. The molecule has 94 valence electrons. The lowest BCUT2D eigenvalue weighted by Gasteiger charge is -2.41. The summed E-state index contributed by atoms with van der Waals surface area (Å²) in [6.07, 6.45) is 2.52. The Labute approximate surface area is 104 Å². The van der Waals surface area contributed by atoms with Crippen LogP contribution in [0.3, 0.4) is 0 Å². The quantitative estimate of drug-likeness (QED) is 0.736. The monoisotopic (exact) mass is 255 g/mol. The second-order valence-electron chi connectivity index (χ2n) is 4.48. The van der Waals surface area contributed by atoms with Crippen LogP contribution < -0.4 is 11.1 Å². The normalized spacial score (nSPS) is 19.5. The molecule has 1 aromatic heterocycles. The maximum Gasteiger partial charge on any atom is 0.271 e. The number of nitrogens with zero attached hydrogens (tertiary/aromatic N) is 1. The second-order valence-corrected chi connectivity index (χ2v) is 5.43. The molecule has 1 aliphatic rings. The van der Waals surface area contributed by atoms with Crippen LogP contribution in [-0.2, 0) is 6.54 Å². The van der Waals surface area contributed by atoms with Gasteiger partial charge in [0.2, 0.25) is 0 Å². The Hall–Kier alpha value is -0.980. The van der Waals surface area contributed by atoms with Crippen molar-refractivity contribution in [1.82, 2.24) is 10.3 Å². The molecular weight excluding hydrogens is 238 g/mol. The van der Waals surface area contributed by atoms with Gasteiger partial charge in [0.1, 0.15) is 10.7 Å². The van der Waals surface area contributed by atoms with Gasteiger partial charge < -0.3 is 16.2 Å². The predicted molar refractivity (Wildman–Crippen MR) is 65.7 cm³/mol. The number of carbonyl (C=O) groups is 1. The number of amides is 1. The Morgan fingerprint density at radius 3 is 2.94 bits per heavy atom. The molecule has 0 aliphatic heterocycles. The van der Waals surface area contributed by atoms with Gasteiger partial charge in [-0.1, -0.05) is 0 Å². The van der Waals surface area contributed by atoms with Crippen molar-refractivity contribution in [3.8, 4) is 0 Å². The van der Waals surface area contributed by atoms with Crippen LogP contribution in [0.5, 0.6) is 0 Å². The zero-order valence-electron chi connectivity index (χ0n) is 9.77. The number of hydrogen-bond acceptors (Lipinski definition) is 5. The molecule has 1 fully saturated rings. The highest BCUT2D eigenvalue weighted by atomic mass is 32.1. The van der Waals surface area contributed by atoms with Gasteiger partial charge in [0.25, 0.3) is 5.91 Å². The third-order valence-electron chi connectivity index (χ3n) is 3.33. The standard InChI is InChI=1S/C11H17N3O2S/c1-7(11(16)3-2-4-11)13-10(15)8-6-17-9(5-12)14-8/h6-7,16H,2-5,12H2,1H3,(H,13,15). The maximum atomic E-state index is 11.9. The minimum Gasteiger partial charge on any atom is -0.388 e. The van der Waals surface area contributed by atoms with Gasteiger partial charge in [0, 0.05) is 11.9 Å². The first-order valence-corrected chi connectivity index (χ1v) is 6.61. The summed E-state index contributed by atoms with van der Waals surface area (Å²) in [5, 5.41) is 15.3. The van der Waals surface area contributed by atoms with Crippen molar-refractivity contribution in [2.45, 2.75) is 44.4 Å². The largest absolute Gasteiger partial charge is 0.388 e. The summed E-state index contributed by atoms with van der Waals surface area (Å²) < 4.78 is 0. The van der Waals surface area contributed by atoms with E-state index >= 15 is 0 Å². The van der Waals surface area contributed by atoms with Crippen LogP contribution >= 0.6 is 11.3 Å². The number of hydrogen-bond donors (Lipinski definition) is 3. The zero-order chi connectivity index (χ0) is 12.5. The number of aliphatic hydroxyl groups is 1. The minimum atomic E-state index is -0.734. The van der Waals surface area contributed by atoms with Crippen molar-refractivity contribution < 1.29 is 9.90 Å². The van der Waals surface area contributed by atoms with Crippen LogP contribution in [0.15, 0.2) is 5.38 Å². The van der Waals surface area contributed by atoms with Crippen LogP contribution in [0.4, 0.5) is 0 Å². The molecule has 0 spiro atoms. The van der Waals surface area contributed by atoms with E-state index < -0.39 is 5.60 Å². The van der Waals surface area contributed by atoms with Crippen molar-refractivity contribution in [1.29, 1.82) is 0 Å². The molecule has 1 aromatic rings. The fourth-order valence-electron chi connectivity index (χ4n) is 1.89. The summed E-state index contributed by atoms with van der Waals surface area (Å²) >= 11 is 1.37. The van der Waals surface area contributed by atoms with Gasteiger partial charge in [0.05, 0.1) is 11.6 Å².